The van der Waals surface area contributed by atoms with E-state index < -0.39 is 0 Å². The Kier molecular flexibility index (Phi) is 4.70. The van der Waals surface area contributed by atoms with Crippen LogP contribution in [0.3, 0.4) is 0 Å². The summed E-state index contributed by atoms with van der Waals surface area (Å²) in [6, 6.07) is 11.1. The molecule has 6 nitrogen and oxygen atoms in total. The summed E-state index contributed by atoms with van der Waals surface area (Å²) in [7, 11) is 3.29. The number of furan rings is 1. The number of rotatable bonds is 6. The average molecular weight is 357 g/mol. The number of fused-ring (bicyclic) bond motifs is 1. The highest BCUT2D eigenvalue weighted by atomic mass is 16.5. The number of ether oxygens (including phenoxy) is 3. The summed E-state index contributed by atoms with van der Waals surface area (Å²) in [5.41, 5.74) is 0.869. The first kappa shape index (κ1) is 17.1. The highest BCUT2D eigenvalue weighted by Gasteiger charge is 2.54. The molecule has 138 valence electrons. The molecule has 0 spiro atoms. The molecule has 1 aliphatic heterocycles. The lowest BCUT2D eigenvalue weighted by Gasteiger charge is -2.47. The second kappa shape index (κ2) is 7.13. The largest absolute Gasteiger partial charge is 0.497 e. The van der Waals surface area contributed by atoms with E-state index in [-0.39, 0.29) is 24.0 Å². The summed E-state index contributed by atoms with van der Waals surface area (Å²) in [5, 5.41) is 3.11. The number of nitrogens with one attached hydrogen (secondary N) is 1. The van der Waals surface area contributed by atoms with Crippen LogP contribution in [0.25, 0.3) is 11.3 Å². The Balaban J connectivity index is 1.46. The first-order valence-corrected chi connectivity index (χ1v) is 8.87. The van der Waals surface area contributed by atoms with E-state index >= 15 is 0 Å². The van der Waals surface area contributed by atoms with Gasteiger partial charge in [-0.3, -0.25) is 4.79 Å². The summed E-state index contributed by atoms with van der Waals surface area (Å²) in [4.78, 5) is 12.6. The van der Waals surface area contributed by atoms with E-state index in [4.69, 9.17) is 18.6 Å². The molecule has 4 atom stereocenters. The number of hydrogen-bond donors (Lipinski definition) is 1. The topological polar surface area (TPSA) is 69.9 Å². The van der Waals surface area contributed by atoms with Crippen LogP contribution in [0.5, 0.6) is 5.75 Å². The van der Waals surface area contributed by atoms with Crippen molar-refractivity contribution in [2.45, 2.75) is 18.6 Å². The van der Waals surface area contributed by atoms with Gasteiger partial charge in [-0.2, -0.15) is 0 Å². The third-order valence-corrected chi connectivity index (χ3v) is 5.37. The van der Waals surface area contributed by atoms with Gasteiger partial charge in [0.25, 0.3) is 5.91 Å². The van der Waals surface area contributed by atoms with E-state index in [0.717, 1.165) is 24.3 Å². The van der Waals surface area contributed by atoms with Crippen LogP contribution >= 0.6 is 0 Å². The normalized spacial score (nSPS) is 26.8. The van der Waals surface area contributed by atoms with Gasteiger partial charge in [0.2, 0.25) is 0 Å². The quantitative estimate of drug-likeness (QED) is 0.861. The van der Waals surface area contributed by atoms with Gasteiger partial charge in [-0.15, -0.1) is 0 Å². The van der Waals surface area contributed by atoms with Crippen LogP contribution < -0.4 is 10.1 Å². The molecule has 1 saturated heterocycles. The molecule has 1 N–H and O–H groups in total. The van der Waals surface area contributed by atoms with Crippen LogP contribution in [0.15, 0.2) is 40.8 Å². The highest BCUT2D eigenvalue weighted by molar-refractivity contribution is 5.92. The molecule has 2 aliphatic rings. The Morgan fingerprint density at radius 1 is 1.27 bits per heavy atom. The van der Waals surface area contributed by atoms with Gasteiger partial charge in [0.05, 0.1) is 19.8 Å². The Bertz CT molecular complexity index is 786. The van der Waals surface area contributed by atoms with E-state index in [1.165, 1.54) is 0 Å². The summed E-state index contributed by atoms with van der Waals surface area (Å²) < 4.78 is 22.1. The fourth-order valence-corrected chi connectivity index (χ4v) is 4.05. The van der Waals surface area contributed by atoms with Gasteiger partial charge >= 0.3 is 0 Å². The van der Waals surface area contributed by atoms with Crippen molar-refractivity contribution in [1.29, 1.82) is 0 Å². The summed E-state index contributed by atoms with van der Waals surface area (Å²) in [6.07, 6.45) is 1.17. The van der Waals surface area contributed by atoms with Gasteiger partial charge < -0.3 is 23.9 Å². The summed E-state index contributed by atoms with van der Waals surface area (Å²) in [5.74, 6) is 2.06. The Labute approximate surface area is 152 Å². The Morgan fingerprint density at radius 3 is 2.96 bits per heavy atom. The molecule has 26 heavy (non-hydrogen) atoms. The molecule has 1 aromatic carbocycles. The fraction of sp³-hybridized carbons (Fsp3) is 0.450. The molecule has 0 unspecified atom stereocenters. The Hall–Kier alpha value is -2.31. The molecular weight excluding hydrogens is 334 g/mol. The zero-order valence-corrected chi connectivity index (χ0v) is 14.9. The molecule has 1 aliphatic carbocycles. The van der Waals surface area contributed by atoms with Gasteiger partial charge in [-0.05, 0) is 30.7 Å². The zero-order valence-electron chi connectivity index (χ0n) is 14.9. The maximum atomic E-state index is 12.6. The molecular formula is C20H23NO5. The molecule has 0 radical (unpaired) electrons. The van der Waals surface area contributed by atoms with Crippen molar-refractivity contribution >= 4 is 5.91 Å². The third kappa shape index (κ3) is 2.99. The minimum atomic E-state index is -0.199. The molecule has 1 aromatic heterocycles. The van der Waals surface area contributed by atoms with Gasteiger partial charge in [-0.25, -0.2) is 0 Å². The van der Waals surface area contributed by atoms with Crippen molar-refractivity contribution in [2.24, 2.45) is 11.8 Å². The molecule has 0 bridgehead atoms. The molecule has 1 saturated carbocycles. The van der Waals surface area contributed by atoms with Crippen molar-refractivity contribution in [1.82, 2.24) is 5.32 Å². The monoisotopic (exact) mass is 357 g/mol. The average Bonchev–Trinajstić information content (AvgIpc) is 3.32. The van der Waals surface area contributed by atoms with E-state index in [2.05, 4.69) is 5.32 Å². The number of methoxy groups -OCH3 is 2. The van der Waals surface area contributed by atoms with Crippen LogP contribution in [0.2, 0.25) is 0 Å². The van der Waals surface area contributed by atoms with E-state index in [1.807, 2.05) is 24.3 Å². The van der Waals surface area contributed by atoms with Crippen molar-refractivity contribution in [3.05, 3.63) is 42.2 Å². The van der Waals surface area contributed by atoms with Crippen molar-refractivity contribution in [2.75, 3.05) is 27.4 Å². The second-order valence-electron chi connectivity index (χ2n) is 6.80. The molecule has 1 amide bonds. The van der Waals surface area contributed by atoms with Gasteiger partial charge in [0.15, 0.2) is 5.76 Å². The van der Waals surface area contributed by atoms with E-state index in [0.29, 0.717) is 24.0 Å². The minimum absolute atomic E-state index is 0.0697. The predicted octanol–water partition coefficient (Wildman–Crippen LogP) is 2.73. The van der Waals surface area contributed by atoms with Crippen LogP contribution in [0, 0.1) is 11.8 Å². The summed E-state index contributed by atoms with van der Waals surface area (Å²) >= 11 is 0. The summed E-state index contributed by atoms with van der Waals surface area (Å²) in [6.45, 7) is 1.34. The van der Waals surface area contributed by atoms with Crippen LogP contribution in [0.4, 0.5) is 0 Å². The van der Waals surface area contributed by atoms with E-state index in [9.17, 15) is 4.79 Å². The number of carbonyl (C=O) groups excluding carboxylic acids is 1. The molecule has 6 heteroatoms. The lowest BCUT2D eigenvalue weighted by Crippen LogP contribution is -2.62. The molecule has 2 fully saturated rings. The van der Waals surface area contributed by atoms with Crippen LogP contribution in [-0.2, 0) is 9.47 Å². The van der Waals surface area contributed by atoms with Crippen molar-refractivity contribution in [3.8, 4) is 17.1 Å². The molecule has 4 rings (SSSR count). The second-order valence-corrected chi connectivity index (χ2v) is 6.80. The smallest absolute Gasteiger partial charge is 0.287 e. The standard InChI is InChI=1S/C20H23NO5/c1-23-11-15-18(14-8-9-25-19(14)15)21-20(22)17-7-6-16(26-17)12-4-3-5-13(10-12)24-2/h3-7,10,14-15,18-19H,8-9,11H2,1-2H3,(H,21,22)/t14-,15-,18-,19-/m0/s1. The maximum Gasteiger partial charge on any atom is 0.287 e. The Morgan fingerprint density at radius 2 is 2.15 bits per heavy atom. The lowest BCUT2D eigenvalue weighted by molar-refractivity contribution is -0.0811. The minimum Gasteiger partial charge on any atom is -0.497 e. The maximum absolute atomic E-state index is 12.6. The fourth-order valence-electron chi connectivity index (χ4n) is 4.05. The highest BCUT2D eigenvalue weighted by Crippen LogP contribution is 2.43. The third-order valence-electron chi connectivity index (χ3n) is 5.37. The SMILES string of the molecule is COC[C@H]1[C@@H](NC(=O)c2ccc(-c3cccc(OC)c3)o2)[C@@H]2CCO[C@@H]21. The number of hydrogen-bond acceptors (Lipinski definition) is 5. The lowest BCUT2D eigenvalue weighted by atomic mass is 9.67. The van der Waals surface area contributed by atoms with Gasteiger partial charge in [0, 0.05) is 37.2 Å². The molecule has 2 aromatic rings. The first-order valence-electron chi connectivity index (χ1n) is 8.87. The first-order chi connectivity index (χ1) is 12.7. The number of amides is 1. The number of benzene rings is 1. The molecule has 2 heterocycles. The van der Waals surface area contributed by atoms with Crippen molar-refractivity contribution in [3.63, 3.8) is 0 Å². The van der Waals surface area contributed by atoms with Crippen LogP contribution in [0.1, 0.15) is 17.0 Å². The number of carbonyl (C=O) groups is 1. The van der Waals surface area contributed by atoms with Crippen LogP contribution in [-0.4, -0.2) is 45.5 Å². The van der Waals surface area contributed by atoms with Gasteiger partial charge in [0.1, 0.15) is 11.5 Å². The van der Waals surface area contributed by atoms with Crippen molar-refractivity contribution < 1.29 is 23.4 Å². The predicted molar refractivity (Wildman–Crippen MR) is 95.2 cm³/mol. The van der Waals surface area contributed by atoms with E-state index in [1.54, 1.807) is 26.4 Å². The zero-order chi connectivity index (χ0) is 18.1. The van der Waals surface area contributed by atoms with Gasteiger partial charge in [-0.1, -0.05) is 12.1 Å².